The van der Waals surface area contributed by atoms with Crippen LogP contribution in [0.15, 0.2) is 12.2 Å². The summed E-state index contributed by atoms with van der Waals surface area (Å²) in [6.45, 7) is 4.00. The van der Waals surface area contributed by atoms with E-state index in [9.17, 15) is 25.2 Å². The smallest absolute Gasteiger partial charge is 0.249 e. The van der Waals surface area contributed by atoms with E-state index in [1.807, 2.05) is 0 Å². The van der Waals surface area contributed by atoms with Gasteiger partial charge in [-0.05, 0) is 38.5 Å². The zero-order valence-corrected chi connectivity index (χ0v) is 29.2. The van der Waals surface area contributed by atoms with Crippen molar-refractivity contribution in [2.75, 3.05) is 6.61 Å². The maximum Gasteiger partial charge on any atom is 0.249 e. The Morgan fingerprint density at radius 2 is 0.932 bits per heavy atom. The number of amides is 1. The van der Waals surface area contributed by atoms with Gasteiger partial charge < -0.3 is 25.7 Å². The second kappa shape index (κ2) is 33.4. The summed E-state index contributed by atoms with van der Waals surface area (Å²) in [5.41, 5.74) is 0. The Kier molecular flexibility index (Phi) is 32.7. The monoisotopic (exact) mass is 626 g/mol. The fourth-order valence-electron chi connectivity index (χ4n) is 5.87. The van der Waals surface area contributed by atoms with E-state index in [1.165, 1.54) is 128 Å². The van der Waals surface area contributed by atoms with Crippen molar-refractivity contribution in [2.45, 2.75) is 218 Å². The summed E-state index contributed by atoms with van der Waals surface area (Å²) in [5.74, 6) is -0.593. The van der Waals surface area contributed by atoms with Crippen molar-refractivity contribution in [1.82, 2.24) is 5.32 Å². The molecule has 262 valence electrons. The Morgan fingerprint density at radius 3 is 1.36 bits per heavy atom. The lowest BCUT2D eigenvalue weighted by atomic mass is 10.00. The summed E-state index contributed by atoms with van der Waals surface area (Å²) in [7, 11) is 0. The first-order valence-corrected chi connectivity index (χ1v) is 19.1. The number of rotatable bonds is 34. The van der Waals surface area contributed by atoms with Gasteiger partial charge in [0.05, 0.1) is 18.8 Å². The van der Waals surface area contributed by atoms with Crippen molar-refractivity contribution >= 4 is 5.91 Å². The van der Waals surface area contributed by atoms with Crippen molar-refractivity contribution < 1.29 is 25.2 Å². The number of allylic oxidation sites excluding steroid dienone is 2. The van der Waals surface area contributed by atoms with Gasteiger partial charge in [-0.25, -0.2) is 0 Å². The first kappa shape index (κ1) is 43.0. The Balaban J connectivity index is 3.77. The van der Waals surface area contributed by atoms with Crippen LogP contribution < -0.4 is 5.32 Å². The fourth-order valence-corrected chi connectivity index (χ4v) is 5.87. The third-order valence-electron chi connectivity index (χ3n) is 8.98. The van der Waals surface area contributed by atoms with Gasteiger partial charge >= 0.3 is 0 Å². The van der Waals surface area contributed by atoms with Gasteiger partial charge in [0.25, 0.3) is 0 Å². The largest absolute Gasteiger partial charge is 0.394 e. The molecule has 0 aromatic heterocycles. The van der Waals surface area contributed by atoms with Crippen LogP contribution >= 0.6 is 0 Å². The summed E-state index contributed by atoms with van der Waals surface area (Å²) in [5, 5.41) is 43.3. The van der Waals surface area contributed by atoms with Gasteiger partial charge in [0.15, 0.2) is 0 Å². The molecule has 0 spiro atoms. The number of carbonyl (C=O) groups excluding carboxylic acids is 1. The zero-order valence-electron chi connectivity index (χ0n) is 29.2. The lowest BCUT2D eigenvalue weighted by Crippen LogP contribution is -2.53. The van der Waals surface area contributed by atoms with Gasteiger partial charge in [0.2, 0.25) is 5.91 Å². The summed E-state index contributed by atoms with van der Waals surface area (Å²) < 4.78 is 0. The molecular weight excluding hydrogens is 550 g/mol. The SMILES string of the molecule is CCCCCCC/C=C/CCCC(O)C(O)C(CO)NC(=O)C(O)CCCCCCCCCCCCCCCCCCCC. The molecule has 44 heavy (non-hydrogen) atoms. The van der Waals surface area contributed by atoms with Crippen LogP contribution in [0.5, 0.6) is 0 Å². The van der Waals surface area contributed by atoms with Gasteiger partial charge in [-0.3, -0.25) is 4.79 Å². The molecular formula is C38H75NO5. The van der Waals surface area contributed by atoms with Crippen LogP contribution in [0, 0.1) is 0 Å². The normalized spacial score (nSPS) is 14.6. The summed E-state index contributed by atoms with van der Waals surface area (Å²) in [6.07, 6.45) is 33.8. The van der Waals surface area contributed by atoms with E-state index in [2.05, 4.69) is 31.3 Å². The highest BCUT2D eigenvalue weighted by Gasteiger charge is 2.28. The number of nitrogens with one attached hydrogen (secondary N) is 1. The lowest BCUT2D eigenvalue weighted by Gasteiger charge is -2.27. The second-order valence-electron chi connectivity index (χ2n) is 13.3. The predicted molar refractivity (Wildman–Crippen MR) is 187 cm³/mol. The molecule has 0 fully saturated rings. The third kappa shape index (κ3) is 27.4. The minimum Gasteiger partial charge on any atom is -0.394 e. The highest BCUT2D eigenvalue weighted by atomic mass is 16.3. The van der Waals surface area contributed by atoms with Gasteiger partial charge in [-0.15, -0.1) is 0 Å². The van der Waals surface area contributed by atoms with Gasteiger partial charge in [0, 0.05) is 0 Å². The van der Waals surface area contributed by atoms with Gasteiger partial charge in [-0.1, -0.05) is 167 Å². The van der Waals surface area contributed by atoms with E-state index in [1.54, 1.807) is 0 Å². The first-order valence-electron chi connectivity index (χ1n) is 19.1. The molecule has 5 N–H and O–H groups in total. The van der Waals surface area contributed by atoms with E-state index in [0.29, 0.717) is 12.8 Å². The van der Waals surface area contributed by atoms with Crippen LogP contribution in [0.25, 0.3) is 0 Å². The molecule has 0 aliphatic rings. The van der Waals surface area contributed by atoms with Crippen molar-refractivity contribution in [1.29, 1.82) is 0 Å². The maximum absolute atomic E-state index is 12.4. The Labute approximate surface area is 272 Å². The van der Waals surface area contributed by atoms with Crippen LogP contribution in [-0.2, 0) is 4.79 Å². The topological polar surface area (TPSA) is 110 Å². The first-order chi connectivity index (χ1) is 21.5. The number of hydrogen-bond acceptors (Lipinski definition) is 5. The number of unbranched alkanes of at least 4 members (excludes halogenated alkanes) is 23. The minimum atomic E-state index is -1.27. The molecule has 0 heterocycles. The summed E-state index contributed by atoms with van der Waals surface area (Å²) in [6, 6.07) is -0.994. The van der Waals surface area contributed by atoms with Crippen molar-refractivity contribution in [2.24, 2.45) is 0 Å². The van der Waals surface area contributed by atoms with Crippen molar-refractivity contribution in [3.05, 3.63) is 12.2 Å². The summed E-state index contributed by atoms with van der Waals surface area (Å²) in [4.78, 5) is 12.4. The third-order valence-corrected chi connectivity index (χ3v) is 8.98. The molecule has 0 rings (SSSR count). The minimum absolute atomic E-state index is 0.367. The fraction of sp³-hybridized carbons (Fsp3) is 0.921. The predicted octanol–water partition coefficient (Wildman–Crippen LogP) is 9.07. The molecule has 0 radical (unpaired) electrons. The van der Waals surface area contributed by atoms with E-state index in [-0.39, 0.29) is 0 Å². The van der Waals surface area contributed by atoms with E-state index in [4.69, 9.17) is 0 Å². The molecule has 4 atom stereocenters. The highest BCUT2D eigenvalue weighted by molar-refractivity contribution is 5.80. The van der Waals surface area contributed by atoms with E-state index in [0.717, 1.165) is 38.5 Å². The average Bonchev–Trinajstić information content (AvgIpc) is 3.03. The molecule has 6 heteroatoms. The van der Waals surface area contributed by atoms with E-state index < -0.39 is 36.9 Å². The molecule has 0 aliphatic carbocycles. The number of aliphatic hydroxyl groups excluding tert-OH is 4. The quantitative estimate of drug-likeness (QED) is 0.0362. The van der Waals surface area contributed by atoms with Crippen LogP contribution in [0.4, 0.5) is 0 Å². The molecule has 1 amide bonds. The Bertz CT molecular complexity index is 628. The van der Waals surface area contributed by atoms with E-state index >= 15 is 0 Å². The molecule has 4 unspecified atom stereocenters. The Hall–Kier alpha value is -0.950. The van der Waals surface area contributed by atoms with Crippen LogP contribution in [-0.4, -0.2) is 57.3 Å². The average molecular weight is 626 g/mol. The van der Waals surface area contributed by atoms with Crippen LogP contribution in [0.3, 0.4) is 0 Å². The molecule has 0 aromatic rings. The second-order valence-corrected chi connectivity index (χ2v) is 13.3. The lowest BCUT2D eigenvalue weighted by molar-refractivity contribution is -0.132. The molecule has 0 saturated carbocycles. The van der Waals surface area contributed by atoms with Crippen molar-refractivity contribution in [3.63, 3.8) is 0 Å². The van der Waals surface area contributed by atoms with Crippen LogP contribution in [0.1, 0.15) is 194 Å². The zero-order chi connectivity index (χ0) is 32.5. The Morgan fingerprint density at radius 1 is 0.545 bits per heavy atom. The molecule has 0 aliphatic heterocycles. The van der Waals surface area contributed by atoms with Gasteiger partial charge in [-0.2, -0.15) is 0 Å². The summed E-state index contributed by atoms with van der Waals surface area (Å²) >= 11 is 0. The molecule has 0 aromatic carbocycles. The number of aliphatic hydroxyl groups is 4. The maximum atomic E-state index is 12.4. The van der Waals surface area contributed by atoms with Gasteiger partial charge in [0.1, 0.15) is 12.2 Å². The number of carbonyl (C=O) groups is 1. The standard InChI is InChI=1S/C38H75NO5/c1-3-5-7-9-11-13-15-16-17-18-19-20-21-22-24-26-28-30-32-36(42)38(44)39-34(33-40)37(43)35(41)31-29-27-25-23-14-12-10-8-6-4-2/h23,25,34-37,40-43H,3-22,24,26-33H2,1-2H3,(H,39,44)/b25-23+. The highest BCUT2D eigenvalue weighted by Crippen LogP contribution is 2.16. The van der Waals surface area contributed by atoms with Crippen LogP contribution in [0.2, 0.25) is 0 Å². The molecule has 6 nitrogen and oxygen atoms in total. The molecule has 0 saturated heterocycles. The number of hydrogen-bond donors (Lipinski definition) is 5. The van der Waals surface area contributed by atoms with Crippen molar-refractivity contribution in [3.8, 4) is 0 Å². The molecule has 0 bridgehead atoms.